The van der Waals surface area contributed by atoms with E-state index in [-0.39, 0.29) is 6.42 Å². The van der Waals surface area contributed by atoms with Gasteiger partial charge in [0, 0.05) is 12.5 Å². The average molecular weight is 657 g/mol. The van der Waals surface area contributed by atoms with Crippen LogP contribution >= 0.6 is 0 Å². The van der Waals surface area contributed by atoms with Crippen LogP contribution in [0.4, 0.5) is 0 Å². The summed E-state index contributed by atoms with van der Waals surface area (Å²) >= 11 is 0. The number of benzene rings is 1. The molecule has 15 atom stereocenters. The van der Waals surface area contributed by atoms with Crippen LogP contribution in [0.3, 0.4) is 0 Å². The van der Waals surface area contributed by atoms with Gasteiger partial charge in [-0.25, -0.2) is 4.79 Å². The first-order chi connectivity index (χ1) is 21.8. The van der Waals surface area contributed by atoms with E-state index in [1.807, 2.05) is 0 Å². The smallest absolute Gasteiger partial charge is 0.331 e. The fourth-order valence-electron chi connectivity index (χ4n) is 6.39. The van der Waals surface area contributed by atoms with Crippen LogP contribution in [0.2, 0.25) is 0 Å². The molecule has 3 fully saturated rings. The van der Waals surface area contributed by atoms with Gasteiger partial charge in [-0.2, -0.15) is 0 Å². The van der Waals surface area contributed by atoms with E-state index in [1.165, 1.54) is 25.2 Å². The molecular weight excluding hydrogens is 616 g/mol. The Morgan fingerprint density at radius 2 is 1.41 bits per heavy atom. The molecule has 9 N–H and O–H groups in total. The molecule has 1 aliphatic carbocycles. The molecule has 5 rings (SSSR count). The molecule has 0 amide bonds. The molecule has 3 aliphatic heterocycles. The quantitative estimate of drug-likeness (QED) is 0.0928. The lowest BCUT2D eigenvalue weighted by Crippen LogP contribution is -2.63. The van der Waals surface area contributed by atoms with E-state index < -0.39 is 110 Å². The number of aliphatic hydroxyl groups is 9. The Bertz CT molecular complexity index is 1240. The van der Waals surface area contributed by atoms with Crippen LogP contribution in [0, 0.1) is 5.92 Å². The van der Waals surface area contributed by atoms with E-state index in [2.05, 4.69) is 0 Å². The number of carbonyl (C=O) groups is 1. The molecule has 2 unspecified atom stereocenters. The first kappa shape index (κ1) is 34.8. The standard InChI is InChI=1S/C30H40O16/c1-29(46-18(33)8-7-14-5-3-2-4-6-14)11-17(44-26-23(38)21(36)19(34)15(12-31)42-26)30(40)9-10-41-28(25(29)30)45-27-24(39)22(37)20(35)16(13-32)43-27/h2-10,15-17,19-28,31-32,34-40H,11-13H2,1H3/b8-7+/t15-,16+,17-,19+,20+,21+,22-,23-,24+,25?,26+,27-,28?,29+,30-/m1/s1. The summed E-state index contributed by atoms with van der Waals surface area (Å²) in [5, 5.41) is 93.5. The van der Waals surface area contributed by atoms with E-state index in [0.717, 1.165) is 6.26 Å². The second-order valence-corrected chi connectivity index (χ2v) is 12.0. The number of hydrogen-bond acceptors (Lipinski definition) is 16. The van der Waals surface area contributed by atoms with Crippen molar-refractivity contribution in [2.45, 2.75) is 98.4 Å². The Hall–Kier alpha value is -2.55. The second kappa shape index (κ2) is 13.9. The zero-order valence-electron chi connectivity index (χ0n) is 24.7. The largest absolute Gasteiger partial charge is 0.472 e. The Morgan fingerprint density at radius 1 is 0.848 bits per heavy atom. The molecule has 0 aromatic heterocycles. The maximum absolute atomic E-state index is 13.1. The van der Waals surface area contributed by atoms with Crippen LogP contribution in [0.25, 0.3) is 6.08 Å². The average Bonchev–Trinajstić information content (AvgIpc) is 3.26. The van der Waals surface area contributed by atoms with E-state index in [4.69, 9.17) is 28.4 Å². The molecule has 1 aromatic rings. The molecule has 16 nitrogen and oxygen atoms in total. The molecule has 256 valence electrons. The van der Waals surface area contributed by atoms with E-state index >= 15 is 0 Å². The highest BCUT2D eigenvalue weighted by Gasteiger charge is 2.68. The van der Waals surface area contributed by atoms with Crippen LogP contribution in [0.15, 0.2) is 48.7 Å². The highest BCUT2D eigenvalue weighted by atomic mass is 16.8. The van der Waals surface area contributed by atoms with Crippen molar-refractivity contribution in [1.29, 1.82) is 0 Å². The maximum Gasteiger partial charge on any atom is 0.331 e. The highest BCUT2D eigenvalue weighted by Crippen LogP contribution is 2.53. The van der Waals surface area contributed by atoms with Gasteiger partial charge < -0.3 is 74.4 Å². The Labute approximate surface area is 263 Å². The van der Waals surface area contributed by atoms with Gasteiger partial charge in [0.1, 0.15) is 60.0 Å². The summed E-state index contributed by atoms with van der Waals surface area (Å²) in [6, 6.07) is 8.87. The van der Waals surface area contributed by atoms with Gasteiger partial charge in [-0.05, 0) is 24.6 Å². The number of rotatable bonds is 9. The van der Waals surface area contributed by atoms with Gasteiger partial charge in [0.2, 0.25) is 6.29 Å². The molecule has 2 saturated heterocycles. The lowest BCUT2D eigenvalue weighted by atomic mass is 9.81. The molecule has 46 heavy (non-hydrogen) atoms. The number of ether oxygens (including phenoxy) is 6. The number of esters is 1. The number of aliphatic hydroxyl groups excluding tert-OH is 8. The van der Waals surface area contributed by atoms with Crippen molar-refractivity contribution in [2.24, 2.45) is 5.92 Å². The Morgan fingerprint density at radius 3 is 1.98 bits per heavy atom. The van der Waals surface area contributed by atoms with Crippen LogP contribution in [0.1, 0.15) is 18.9 Å². The minimum Gasteiger partial charge on any atom is -0.472 e. The highest BCUT2D eigenvalue weighted by molar-refractivity contribution is 5.87. The summed E-state index contributed by atoms with van der Waals surface area (Å²) in [6.45, 7) is -0.00438. The fourth-order valence-corrected chi connectivity index (χ4v) is 6.39. The molecule has 4 aliphatic rings. The summed E-state index contributed by atoms with van der Waals surface area (Å²) in [5.74, 6) is -2.19. The predicted molar refractivity (Wildman–Crippen MR) is 151 cm³/mol. The molecule has 0 spiro atoms. The topological polar surface area (TPSA) is 255 Å². The predicted octanol–water partition coefficient (Wildman–Crippen LogP) is -3.38. The normalized spacial score (nSPS) is 45.7. The van der Waals surface area contributed by atoms with E-state index in [0.29, 0.717) is 5.56 Å². The van der Waals surface area contributed by atoms with E-state index in [1.54, 1.807) is 30.3 Å². The maximum atomic E-state index is 13.1. The molecule has 1 aromatic carbocycles. The molecule has 1 saturated carbocycles. The van der Waals surface area contributed by atoms with Gasteiger partial charge >= 0.3 is 5.97 Å². The van der Waals surface area contributed by atoms with Crippen molar-refractivity contribution in [3.63, 3.8) is 0 Å². The van der Waals surface area contributed by atoms with Crippen LogP contribution in [-0.4, -0.2) is 150 Å². The number of hydrogen-bond donors (Lipinski definition) is 9. The number of carbonyl (C=O) groups excluding carboxylic acids is 1. The van der Waals surface area contributed by atoms with Crippen molar-refractivity contribution < 1.29 is 79.2 Å². The van der Waals surface area contributed by atoms with Gasteiger partial charge in [-0.1, -0.05) is 30.3 Å². The zero-order valence-corrected chi connectivity index (χ0v) is 24.7. The summed E-state index contributed by atoms with van der Waals surface area (Å²) in [5.41, 5.74) is -3.10. The monoisotopic (exact) mass is 656 g/mol. The van der Waals surface area contributed by atoms with Crippen molar-refractivity contribution >= 4 is 12.0 Å². The third-order valence-electron chi connectivity index (χ3n) is 8.89. The third-order valence-corrected chi connectivity index (χ3v) is 8.89. The van der Waals surface area contributed by atoms with Crippen LogP contribution in [0.5, 0.6) is 0 Å². The molecule has 0 radical (unpaired) electrons. The fraction of sp³-hybridized carbons (Fsp3) is 0.633. The molecule has 16 heteroatoms. The zero-order chi connectivity index (χ0) is 33.4. The second-order valence-electron chi connectivity index (χ2n) is 12.0. The van der Waals surface area contributed by atoms with Gasteiger partial charge in [-0.15, -0.1) is 0 Å². The minimum atomic E-state index is -2.12. The van der Waals surface area contributed by atoms with Gasteiger partial charge in [0.15, 0.2) is 12.6 Å². The Balaban J connectivity index is 1.44. The summed E-state index contributed by atoms with van der Waals surface area (Å²) < 4.78 is 34.3. The summed E-state index contributed by atoms with van der Waals surface area (Å²) in [7, 11) is 0. The van der Waals surface area contributed by atoms with Crippen molar-refractivity contribution in [3.05, 3.63) is 54.3 Å². The van der Waals surface area contributed by atoms with Crippen molar-refractivity contribution in [2.75, 3.05) is 13.2 Å². The van der Waals surface area contributed by atoms with Crippen molar-refractivity contribution in [1.82, 2.24) is 0 Å². The summed E-state index contributed by atoms with van der Waals surface area (Å²) in [6.07, 6.45) is -14.8. The van der Waals surface area contributed by atoms with Crippen LogP contribution < -0.4 is 0 Å². The summed E-state index contributed by atoms with van der Waals surface area (Å²) in [4.78, 5) is 13.1. The third kappa shape index (κ3) is 6.59. The first-order valence-corrected chi connectivity index (χ1v) is 14.8. The minimum absolute atomic E-state index is 0.281. The lowest BCUT2D eigenvalue weighted by molar-refractivity contribution is -0.354. The van der Waals surface area contributed by atoms with Gasteiger partial charge in [0.05, 0.1) is 31.5 Å². The molecule has 0 bridgehead atoms. The van der Waals surface area contributed by atoms with Gasteiger partial charge in [0.25, 0.3) is 0 Å². The first-order valence-electron chi connectivity index (χ1n) is 14.8. The SMILES string of the molecule is C[C@]1(OC(=O)/C=C/c2ccccc2)C[C@@H](O[C@@H]2O[C@H](CO)[C@H](O)[C@H](O)[C@H]2O)[C@]2(O)C=COC(O[C@H]3O[C@@H](CO)[C@H](O)[C@@H](O)[C@@H]3O)C12. The molecular formula is C30H40O16. The Kier molecular flexibility index (Phi) is 10.5. The van der Waals surface area contributed by atoms with Crippen LogP contribution in [-0.2, 0) is 33.2 Å². The lowest BCUT2D eigenvalue weighted by Gasteiger charge is -2.46. The van der Waals surface area contributed by atoms with Crippen molar-refractivity contribution in [3.8, 4) is 0 Å². The van der Waals surface area contributed by atoms with E-state index in [9.17, 15) is 50.8 Å². The molecule has 3 heterocycles. The number of fused-ring (bicyclic) bond motifs is 1. The van der Waals surface area contributed by atoms with Gasteiger partial charge in [-0.3, -0.25) is 0 Å².